The van der Waals surface area contributed by atoms with E-state index in [0.29, 0.717) is 12.0 Å². The summed E-state index contributed by atoms with van der Waals surface area (Å²) in [5.74, 6) is 1.28. The van der Waals surface area contributed by atoms with Gasteiger partial charge in [-0.2, -0.15) is 0 Å². The van der Waals surface area contributed by atoms with E-state index in [9.17, 15) is 0 Å². The summed E-state index contributed by atoms with van der Waals surface area (Å²) >= 11 is 0. The van der Waals surface area contributed by atoms with Crippen molar-refractivity contribution in [3.63, 3.8) is 0 Å². The van der Waals surface area contributed by atoms with Gasteiger partial charge in [0.1, 0.15) is 6.26 Å². The standard InChI is InChI=1S/C11H20N2O/c1-7(2)10(12-8(3)4)11-13-9(5)6-14-11/h6-8,10,12H,1-5H3. The lowest BCUT2D eigenvalue weighted by Crippen LogP contribution is -2.31. The first-order valence-corrected chi connectivity index (χ1v) is 5.18. The minimum absolute atomic E-state index is 0.212. The number of aryl methyl sites for hydroxylation is 1. The minimum Gasteiger partial charge on any atom is -0.447 e. The number of aromatic nitrogens is 1. The van der Waals surface area contributed by atoms with Crippen molar-refractivity contribution < 1.29 is 4.42 Å². The van der Waals surface area contributed by atoms with Crippen LogP contribution in [0.1, 0.15) is 45.3 Å². The number of nitrogens with one attached hydrogen (secondary N) is 1. The molecule has 1 rings (SSSR count). The Bertz CT molecular complexity index is 279. The molecule has 3 nitrogen and oxygen atoms in total. The van der Waals surface area contributed by atoms with Gasteiger partial charge in [-0.15, -0.1) is 0 Å². The first-order valence-electron chi connectivity index (χ1n) is 5.18. The van der Waals surface area contributed by atoms with E-state index in [1.54, 1.807) is 6.26 Å². The van der Waals surface area contributed by atoms with E-state index in [4.69, 9.17) is 4.42 Å². The van der Waals surface area contributed by atoms with Gasteiger partial charge in [0.15, 0.2) is 0 Å². The number of oxazole rings is 1. The Morgan fingerprint density at radius 1 is 1.29 bits per heavy atom. The fraction of sp³-hybridized carbons (Fsp3) is 0.727. The van der Waals surface area contributed by atoms with Gasteiger partial charge in [0.25, 0.3) is 0 Å². The van der Waals surface area contributed by atoms with Gasteiger partial charge in [0.05, 0.1) is 11.7 Å². The van der Waals surface area contributed by atoms with Crippen LogP contribution >= 0.6 is 0 Å². The van der Waals surface area contributed by atoms with Crippen molar-refractivity contribution in [2.24, 2.45) is 5.92 Å². The molecule has 1 heterocycles. The summed E-state index contributed by atoms with van der Waals surface area (Å²) in [6.45, 7) is 10.5. The van der Waals surface area contributed by atoms with Gasteiger partial charge in [-0.05, 0) is 12.8 Å². The molecule has 0 radical (unpaired) electrons. The maximum atomic E-state index is 5.42. The Kier molecular flexibility index (Phi) is 3.69. The van der Waals surface area contributed by atoms with Crippen molar-refractivity contribution in [3.8, 4) is 0 Å². The van der Waals surface area contributed by atoms with E-state index < -0.39 is 0 Å². The summed E-state index contributed by atoms with van der Waals surface area (Å²) in [5.41, 5.74) is 0.941. The van der Waals surface area contributed by atoms with Crippen molar-refractivity contribution in [1.82, 2.24) is 10.3 Å². The molecule has 0 amide bonds. The lowest BCUT2D eigenvalue weighted by Gasteiger charge is -2.21. The van der Waals surface area contributed by atoms with Crippen molar-refractivity contribution in [1.29, 1.82) is 0 Å². The number of hydrogen-bond donors (Lipinski definition) is 1. The predicted octanol–water partition coefficient (Wildman–Crippen LogP) is 2.68. The second-order valence-corrected chi connectivity index (χ2v) is 4.37. The van der Waals surface area contributed by atoms with Crippen LogP contribution in [0.2, 0.25) is 0 Å². The Morgan fingerprint density at radius 3 is 2.29 bits per heavy atom. The third-order valence-corrected chi connectivity index (χ3v) is 2.08. The highest BCUT2D eigenvalue weighted by molar-refractivity contribution is 4.99. The van der Waals surface area contributed by atoms with Crippen LogP contribution in [0.3, 0.4) is 0 Å². The molecule has 1 unspecified atom stereocenters. The number of nitrogens with zero attached hydrogens (tertiary/aromatic N) is 1. The Hall–Kier alpha value is -0.830. The summed E-state index contributed by atoms with van der Waals surface area (Å²) in [6.07, 6.45) is 1.70. The molecule has 0 aliphatic rings. The predicted molar refractivity (Wildman–Crippen MR) is 57.1 cm³/mol. The molecule has 0 fully saturated rings. The van der Waals surface area contributed by atoms with Crippen LogP contribution < -0.4 is 5.32 Å². The topological polar surface area (TPSA) is 38.1 Å². The van der Waals surface area contributed by atoms with Crippen LogP contribution in [0, 0.1) is 12.8 Å². The van der Waals surface area contributed by atoms with Gasteiger partial charge in [0.2, 0.25) is 5.89 Å². The largest absolute Gasteiger partial charge is 0.447 e. The molecule has 1 atom stereocenters. The van der Waals surface area contributed by atoms with Gasteiger partial charge in [-0.1, -0.05) is 27.7 Å². The van der Waals surface area contributed by atoms with Crippen LogP contribution in [0.15, 0.2) is 10.7 Å². The zero-order valence-electron chi connectivity index (χ0n) is 9.66. The van der Waals surface area contributed by atoms with Crippen LogP contribution in [-0.4, -0.2) is 11.0 Å². The number of rotatable bonds is 4. The Morgan fingerprint density at radius 2 is 1.93 bits per heavy atom. The SMILES string of the molecule is Cc1coc(C(NC(C)C)C(C)C)n1. The molecule has 0 spiro atoms. The highest BCUT2D eigenvalue weighted by Gasteiger charge is 2.20. The summed E-state index contributed by atoms with van der Waals surface area (Å²) < 4.78 is 5.42. The normalized spacial score (nSPS) is 13.9. The highest BCUT2D eigenvalue weighted by Crippen LogP contribution is 2.21. The van der Waals surface area contributed by atoms with Crippen molar-refractivity contribution >= 4 is 0 Å². The first kappa shape index (κ1) is 11.2. The monoisotopic (exact) mass is 196 g/mol. The molecule has 14 heavy (non-hydrogen) atoms. The average Bonchev–Trinajstić information content (AvgIpc) is 2.46. The van der Waals surface area contributed by atoms with Gasteiger partial charge in [-0.25, -0.2) is 4.98 Å². The van der Waals surface area contributed by atoms with Crippen molar-refractivity contribution in [2.45, 2.75) is 46.7 Å². The average molecular weight is 196 g/mol. The molecular weight excluding hydrogens is 176 g/mol. The smallest absolute Gasteiger partial charge is 0.211 e. The van der Waals surface area contributed by atoms with E-state index in [1.807, 2.05) is 6.92 Å². The maximum absolute atomic E-state index is 5.42. The maximum Gasteiger partial charge on any atom is 0.211 e. The van der Waals surface area contributed by atoms with E-state index in [2.05, 4.69) is 38.0 Å². The summed E-state index contributed by atoms with van der Waals surface area (Å²) in [6, 6.07) is 0.651. The molecule has 3 heteroatoms. The Balaban J connectivity index is 2.77. The van der Waals surface area contributed by atoms with Crippen LogP contribution in [0.4, 0.5) is 0 Å². The molecule has 0 saturated heterocycles. The van der Waals surface area contributed by atoms with Crippen LogP contribution in [0.5, 0.6) is 0 Å². The van der Waals surface area contributed by atoms with E-state index >= 15 is 0 Å². The fourth-order valence-electron chi connectivity index (χ4n) is 1.42. The third-order valence-electron chi connectivity index (χ3n) is 2.08. The van der Waals surface area contributed by atoms with Gasteiger partial charge >= 0.3 is 0 Å². The van der Waals surface area contributed by atoms with E-state index in [1.165, 1.54) is 0 Å². The van der Waals surface area contributed by atoms with Gasteiger partial charge in [-0.3, -0.25) is 0 Å². The number of hydrogen-bond acceptors (Lipinski definition) is 3. The Labute approximate surface area is 85.9 Å². The van der Waals surface area contributed by atoms with E-state index in [-0.39, 0.29) is 6.04 Å². The lowest BCUT2D eigenvalue weighted by atomic mass is 10.0. The highest BCUT2D eigenvalue weighted by atomic mass is 16.3. The molecule has 0 aromatic carbocycles. The summed E-state index contributed by atoms with van der Waals surface area (Å²) in [7, 11) is 0. The molecular formula is C11H20N2O. The zero-order valence-corrected chi connectivity index (χ0v) is 9.66. The molecule has 1 aromatic rings. The van der Waals surface area contributed by atoms with Crippen molar-refractivity contribution in [3.05, 3.63) is 17.8 Å². The first-order chi connectivity index (χ1) is 6.50. The fourth-order valence-corrected chi connectivity index (χ4v) is 1.42. The molecule has 0 aliphatic carbocycles. The second kappa shape index (κ2) is 4.60. The van der Waals surface area contributed by atoms with E-state index in [0.717, 1.165) is 11.6 Å². The molecule has 80 valence electrons. The molecule has 1 aromatic heterocycles. The molecule has 0 saturated carbocycles. The molecule has 1 N–H and O–H groups in total. The van der Waals surface area contributed by atoms with Gasteiger partial charge < -0.3 is 9.73 Å². The molecule has 0 aliphatic heterocycles. The lowest BCUT2D eigenvalue weighted by molar-refractivity contribution is 0.312. The van der Waals surface area contributed by atoms with Crippen LogP contribution in [-0.2, 0) is 0 Å². The summed E-state index contributed by atoms with van der Waals surface area (Å²) in [5, 5.41) is 3.45. The second-order valence-electron chi connectivity index (χ2n) is 4.37. The molecule has 0 bridgehead atoms. The zero-order chi connectivity index (χ0) is 10.7. The third kappa shape index (κ3) is 2.84. The minimum atomic E-state index is 0.212. The quantitative estimate of drug-likeness (QED) is 0.804. The van der Waals surface area contributed by atoms with Crippen molar-refractivity contribution in [2.75, 3.05) is 0 Å². The van der Waals surface area contributed by atoms with Gasteiger partial charge in [0, 0.05) is 6.04 Å². The van der Waals surface area contributed by atoms with Crippen LogP contribution in [0.25, 0.3) is 0 Å². The summed E-state index contributed by atoms with van der Waals surface area (Å²) in [4.78, 5) is 4.36.